The molecule has 0 aliphatic carbocycles. The molecule has 3 heterocycles. The van der Waals surface area contributed by atoms with Gasteiger partial charge in [-0.2, -0.15) is 0 Å². The van der Waals surface area contributed by atoms with Crippen LogP contribution in [-0.4, -0.2) is 40.8 Å². The lowest BCUT2D eigenvalue weighted by molar-refractivity contribution is 0.0992. The van der Waals surface area contributed by atoms with Crippen molar-refractivity contribution in [1.82, 2.24) is 20.2 Å². The van der Waals surface area contributed by atoms with Gasteiger partial charge in [0.05, 0.1) is 24.6 Å². The maximum atomic E-state index is 5.96. The van der Waals surface area contributed by atoms with Crippen molar-refractivity contribution in [3.63, 3.8) is 0 Å². The van der Waals surface area contributed by atoms with E-state index in [9.17, 15) is 0 Å². The molecule has 0 amide bonds. The number of guanidine groups is 1. The molecule has 5 rings (SSSR count). The Kier molecular flexibility index (Phi) is 7.47. The van der Waals surface area contributed by atoms with Crippen molar-refractivity contribution in [2.75, 3.05) is 7.05 Å². The average Bonchev–Trinajstić information content (AvgIpc) is 3.56. The second-order valence-electron chi connectivity index (χ2n) is 8.38. The highest BCUT2D eigenvalue weighted by molar-refractivity contribution is 14.0. The summed E-state index contributed by atoms with van der Waals surface area (Å²) in [6, 6.07) is 17.7. The van der Waals surface area contributed by atoms with Gasteiger partial charge in [0.15, 0.2) is 5.96 Å². The fourth-order valence-corrected chi connectivity index (χ4v) is 4.68. The highest BCUT2D eigenvalue weighted by Gasteiger charge is 2.41. The SMILES string of the molecule is CN=C(NCc1ccccc1-c1ccc(Cn2ccnc2)cc1)NC1CC2CCC1O2.I. The molecule has 3 aromatic rings. The van der Waals surface area contributed by atoms with Gasteiger partial charge in [0.1, 0.15) is 0 Å². The molecule has 2 N–H and O–H groups in total. The van der Waals surface area contributed by atoms with E-state index < -0.39 is 0 Å². The summed E-state index contributed by atoms with van der Waals surface area (Å²) in [5.41, 5.74) is 4.96. The van der Waals surface area contributed by atoms with Gasteiger partial charge in [0, 0.05) is 32.5 Å². The van der Waals surface area contributed by atoms with Gasteiger partial charge in [-0.3, -0.25) is 4.99 Å². The Morgan fingerprint density at radius 1 is 1.16 bits per heavy atom. The van der Waals surface area contributed by atoms with Gasteiger partial charge in [-0.25, -0.2) is 4.98 Å². The van der Waals surface area contributed by atoms with Crippen LogP contribution in [0.1, 0.15) is 30.4 Å². The van der Waals surface area contributed by atoms with Crippen LogP contribution < -0.4 is 10.6 Å². The first-order chi connectivity index (χ1) is 15.3. The van der Waals surface area contributed by atoms with E-state index >= 15 is 0 Å². The van der Waals surface area contributed by atoms with Gasteiger partial charge in [0.2, 0.25) is 0 Å². The van der Waals surface area contributed by atoms with Crippen LogP contribution in [0.2, 0.25) is 0 Å². The molecule has 3 atom stereocenters. The molecule has 0 saturated carbocycles. The predicted molar refractivity (Wildman–Crippen MR) is 138 cm³/mol. The Bertz CT molecular complexity index is 1030. The maximum absolute atomic E-state index is 5.96. The molecule has 2 aromatic carbocycles. The predicted octanol–water partition coefficient (Wildman–Crippen LogP) is 4.20. The Morgan fingerprint density at radius 2 is 2.00 bits per heavy atom. The third kappa shape index (κ3) is 5.15. The molecule has 2 saturated heterocycles. The van der Waals surface area contributed by atoms with Gasteiger partial charge < -0.3 is 19.9 Å². The quantitative estimate of drug-likeness (QED) is 0.278. The van der Waals surface area contributed by atoms with E-state index in [1.54, 1.807) is 0 Å². The molecule has 168 valence electrons. The Morgan fingerprint density at radius 3 is 2.69 bits per heavy atom. The Labute approximate surface area is 206 Å². The van der Waals surface area contributed by atoms with E-state index in [1.165, 1.54) is 28.7 Å². The van der Waals surface area contributed by atoms with Gasteiger partial charge in [-0.05, 0) is 41.5 Å². The van der Waals surface area contributed by atoms with E-state index in [0.717, 1.165) is 25.3 Å². The number of aromatic nitrogens is 2. The molecule has 32 heavy (non-hydrogen) atoms. The summed E-state index contributed by atoms with van der Waals surface area (Å²) < 4.78 is 8.04. The first-order valence-electron chi connectivity index (χ1n) is 11.0. The molecule has 6 nitrogen and oxygen atoms in total. The van der Waals surface area contributed by atoms with Crippen molar-refractivity contribution >= 4 is 29.9 Å². The van der Waals surface area contributed by atoms with Crippen LogP contribution in [0, 0.1) is 0 Å². The smallest absolute Gasteiger partial charge is 0.191 e. The molecular weight excluding hydrogens is 513 g/mol. The number of rotatable bonds is 6. The van der Waals surface area contributed by atoms with E-state index in [1.807, 2.05) is 25.8 Å². The van der Waals surface area contributed by atoms with Crippen molar-refractivity contribution in [2.45, 2.75) is 50.6 Å². The van der Waals surface area contributed by atoms with Crippen LogP contribution in [0.15, 0.2) is 72.2 Å². The minimum absolute atomic E-state index is 0. The van der Waals surface area contributed by atoms with Gasteiger partial charge in [0.25, 0.3) is 0 Å². The Balaban J connectivity index is 0.00000245. The van der Waals surface area contributed by atoms with E-state index in [-0.39, 0.29) is 24.0 Å². The van der Waals surface area contributed by atoms with E-state index in [0.29, 0.717) is 24.8 Å². The molecule has 7 heteroatoms. The van der Waals surface area contributed by atoms with Crippen molar-refractivity contribution in [3.8, 4) is 11.1 Å². The molecule has 2 aliphatic rings. The van der Waals surface area contributed by atoms with Crippen LogP contribution >= 0.6 is 24.0 Å². The van der Waals surface area contributed by atoms with Crippen molar-refractivity contribution in [3.05, 3.63) is 78.4 Å². The normalized spacial score (nSPS) is 21.9. The zero-order chi connectivity index (χ0) is 21.0. The molecule has 2 bridgehead atoms. The minimum Gasteiger partial charge on any atom is -0.373 e. The van der Waals surface area contributed by atoms with Crippen LogP contribution in [0.4, 0.5) is 0 Å². The first-order valence-corrected chi connectivity index (χ1v) is 11.0. The summed E-state index contributed by atoms with van der Waals surface area (Å²) in [6.45, 7) is 1.55. The second-order valence-corrected chi connectivity index (χ2v) is 8.38. The fourth-order valence-electron chi connectivity index (χ4n) is 4.68. The third-order valence-corrected chi connectivity index (χ3v) is 6.30. The van der Waals surface area contributed by atoms with Crippen molar-refractivity contribution in [1.29, 1.82) is 0 Å². The molecule has 0 radical (unpaired) electrons. The van der Waals surface area contributed by atoms with Gasteiger partial charge in [-0.1, -0.05) is 48.5 Å². The third-order valence-electron chi connectivity index (χ3n) is 6.30. The summed E-state index contributed by atoms with van der Waals surface area (Å²) in [5.74, 6) is 0.839. The fraction of sp³-hybridized carbons (Fsp3) is 0.360. The number of hydrogen-bond acceptors (Lipinski definition) is 3. The number of imidazole rings is 1. The van der Waals surface area contributed by atoms with Crippen LogP contribution in [0.3, 0.4) is 0 Å². The number of benzene rings is 2. The summed E-state index contributed by atoms with van der Waals surface area (Å²) in [5, 5.41) is 7.06. The van der Waals surface area contributed by atoms with Crippen molar-refractivity contribution < 1.29 is 4.74 Å². The lowest BCUT2D eigenvalue weighted by Crippen LogP contribution is -2.47. The number of aliphatic imine (C=N–C) groups is 1. The second kappa shape index (κ2) is 10.5. The minimum atomic E-state index is 0. The molecule has 1 aromatic heterocycles. The number of halogens is 1. The summed E-state index contributed by atoms with van der Waals surface area (Å²) in [6.07, 6.45) is 9.83. The van der Waals surface area contributed by atoms with Gasteiger partial charge >= 0.3 is 0 Å². The Hall–Kier alpha value is -2.39. The zero-order valence-corrected chi connectivity index (χ0v) is 20.6. The molecular formula is C25H30IN5O. The van der Waals surface area contributed by atoms with E-state index in [4.69, 9.17) is 4.74 Å². The van der Waals surface area contributed by atoms with Crippen LogP contribution in [-0.2, 0) is 17.8 Å². The number of nitrogens with one attached hydrogen (secondary N) is 2. The topological polar surface area (TPSA) is 63.5 Å². The summed E-state index contributed by atoms with van der Waals surface area (Å²) >= 11 is 0. The van der Waals surface area contributed by atoms with E-state index in [2.05, 4.69) is 73.7 Å². The maximum Gasteiger partial charge on any atom is 0.191 e. The van der Waals surface area contributed by atoms with Crippen LogP contribution in [0.5, 0.6) is 0 Å². The summed E-state index contributed by atoms with van der Waals surface area (Å²) in [7, 11) is 1.83. The average molecular weight is 543 g/mol. The zero-order valence-electron chi connectivity index (χ0n) is 18.3. The number of nitrogens with zero attached hydrogens (tertiary/aromatic N) is 3. The van der Waals surface area contributed by atoms with Gasteiger partial charge in [-0.15, -0.1) is 24.0 Å². The van der Waals surface area contributed by atoms with Crippen LogP contribution in [0.25, 0.3) is 11.1 Å². The lowest BCUT2D eigenvalue weighted by Gasteiger charge is -2.23. The van der Waals surface area contributed by atoms with Crippen molar-refractivity contribution in [2.24, 2.45) is 4.99 Å². The highest BCUT2D eigenvalue weighted by atomic mass is 127. The monoisotopic (exact) mass is 543 g/mol. The summed E-state index contributed by atoms with van der Waals surface area (Å²) in [4.78, 5) is 8.55. The standard InChI is InChI=1S/C25H29N5O.HI/c1-26-25(29-23-14-21-10-11-24(23)31-21)28-15-20-4-2-3-5-22(20)19-8-6-18(7-9-19)16-30-13-12-27-17-30;/h2-9,12-13,17,21,23-24H,10-11,14-16H2,1H3,(H2,26,28,29);1H. The lowest BCUT2D eigenvalue weighted by atomic mass is 9.96. The molecule has 3 unspecified atom stereocenters. The molecule has 2 fully saturated rings. The number of hydrogen-bond donors (Lipinski definition) is 2. The number of fused-ring (bicyclic) bond motifs is 2. The first kappa shape index (κ1) is 22.8. The highest BCUT2D eigenvalue weighted by Crippen LogP contribution is 2.34. The molecule has 0 spiro atoms. The molecule has 2 aliphatic heterocycles. The number of ether oxygens (including phenoxy) is 1. The largest absolute Gasteiger partial charge is 0.373 e.